The average molecular weight is 501 g/mol. The lowest BCUT2D eigenvalue weighted by molar-refractivity contribution is 0.0526. The summed E-state index contributed by atoms with van der Waals surface area (Å²) in [5.74, 6) is -0.597. The second-order valence-electron chi connectivity index (χ2n) is 3.52. The zero-order valence-corrected chi connectivity index (χ0v) is 14.9. The van der Waals surface area contributed by atoms with Gasteiger partial charge in [-0.25, -0.2) is 9.79 Å². The zero-order valence-electron chi connectivity index (χ0n) is 10.6. The molecule has 0 bridgehead atoms. The highest BCUT2D eigenvalue weighted by Crippen LogP contribution is 2.29. The highest BCUT2D eigenvalue weighted by atomic mass is 127. The first-order valence-electron chi connectivity index (χ1n) is 5.45. The number of aliphatic imine (C=N–C) groups is 2. The first-order valence-corrected chi connectivity index (χ1v) is 7.60. The Bertz CT molecular complexity index is 559. The van der Waals surface area contributed by atoms with E-state index < -0.39 is 0 Å². The Balaban J connectivity index is 3.19. The quantitative estimate of drug-likeness (QED) is 0.249. The molecule has 1 rings (SSSR count). The van der Waals surface area contributed by atoms with E-state index in [4.69, 9.17) is 21.9 Å². The van der Waals surface area contributed by atoms with Crippen molar-refractivity contribution in [2.45, 2.75) is 6.92 Å². The molecule has 0 aliphatic carbocycles. The Morgan fingerprint density at radius 2 is 1.80 bits per heavy atom. The molecular weight excluding hydrogens is 488 g/mol. The zero-order chi connectivity index (χ0) is 15.3. The fraction of sp³-hybridized carbons (Fsp3) is 0.182. The number of guanidine groups is 2. The van der Waals surface area contributed by atoms with Gasteiger partial charge in [0.1, 0.15) is 0 Å². The van der Waals surface area contributed by atoms with Crippen molar-refractivity contribution < 1.29 is 9.53 Å². The Kier molecular flexibility index (Phi) is 6.45. The fourth-order valence-corrected chi connectivity index (χ4v) is 3.29. The van der Waals surface area contributed by atoms with E-state index in [0.717, 1.165) is 7.14 Å². The highest BCUT2D eigenvalue weighted by Gasteiger charge is 2.13. The summed E-state index contributed by atoms with van der Waals surface area (Å²) < 4.78 is 6.43. The Labute approximate surface area is 143 Å². The molecule has 6 N–H and O–H groups in total. The van der Waals surface area contributed by atoms with Crippen molar-refractivity contribution in [3.63, 3.8) is 0 Å². The molecule has 0 radical (unpaired) electrons. The summed E-state index contributed by atoms with van der Waals surface area (Å²) in [6.07, 6.45) is 0. The molecule has 9 heteroatoms. The number of benzene rings is 1. The second-order valence-corrected chi connectivity index (χ2v) is 5.84. The monoisotopic (exact) mass is 501 g/mol. The SMILES string of the molecule is CCOC(=O)c1cc(I)c(N=C(N)N=C(N)N)c(I)c1. The van der Waals surface area contributed by atoms with Crippen LogP contribution in [0.4, 0.5) is 5.69 Å². The molecule has 0 atom stereocenters. The van der Waals surface area contributed by atoms with Crippen LogP contribution in [0.5, 0.6) is 0 Å². The number of rotatable bonds is 3. The Hall–Kier alpha value is -1.11. The normalized spacial score (nSPS) is 11.1. The van der Waals surface area contributed by atoms with E-state index in [9.17, 15) is 4.79 Å². The van der Waals surface area contributed by atoms with Crippen molar-refractivity contribution in [3.8, 4) is 0 Å². The smallest absolute Gasteiger partial charge is 0.338 e. The molecule has 0 spiro atoms. The molecule has 1 aromatic rings. The molecular formula is C11H13I2N5O2. The third-order valence-electron chi connectivity index (χ3n) is 2.00. The number of carbonyl (C=O) groups is 1. The van der Waals surface area contributed by atoms with Crippen LogP contribution in [-0.4, -0.2) is 24.5 Å². The van der Waals surface area contributed by atoms with E-state index in [-0.39, 0.29) is 17.9 Å². The molecule has 20 heavy (non-hydrogen) atoms. The van der Waals surface area contributed by atoms with Crippen molar-refractivity contribution in [3.05, 3.63) is 24.8 Å². The van der Waals surface area contributed by atoms with Crippen LogP contribution in [0.1, 0.15) is 17.3 Å². The van der Waals surface area contributed by atoms with E-state index in [1.807, 2.05) is 0 Å². The number of nitrogens with two attached hydrogens (primary N) is 3. The molecule has 0 saturated heterocycles. The summed E-state index contributed by atoms with van der Waals surface area (Å²) in [6.45, 7) is 2.08. The van der Waals surface area contributed by atoms with Gasteiger partial charge in [0.2, 0.25) is 5.96 Å². The van der Waals surface area contributed by atoms with Gasteiger partial charge in [0.15, 0.2) is 5.96 Å². The minimum atomic E-state index is -0.379. The van der Waals surface area contributed by atoms with Gasteiger partial charge in [-0.2, -0.15) is 4.99 Å². The molecule has 0 aromatic heterocycles. The standard InChI is InChI=1S/C11H13I2N5O2/c1-2-20-9(19)5-3-6(12)8(7(13)4-5)17-11(16)18-10(14)15/h3-4H,2H2,1H3,(H6,14,15,16,17,18). The maximum absolute atomic E-state index is 11.7. The molecule has 0 saturated carbocycles. The fourth-order valence-electron chi connectivity index (χ4n) is 1.28. The van der Waals surface area contributed by atoms with Crippen LogP contribution in [0.2, 0.25) is 0 Å². The van der Waals surface area contributed by atoms with Crippen LogP contribution in [0.25, 0.3) is 0 Å². The third-order valence-corrected chi connectivity index (χ3v) is 3.64. The van der Waals surface area contributed by atoms with Crippen molar-refractivity contribution in [2.75, 3.05) is 6.61 Å². The van der Waals surface area contributed by atoms with Gasteiger partial charge in [0.25, 0.3) is 0 Å². The summed E-state index contributed by atoms with van der Waals surface area (Å²) >= 11 is 4.11. The maximum atomic E-state index is 11.7. The van der Waals surface area contributed by atoms with Crippen molar-refractivity contribution in [2.24, 2.45) is 27.2 Å². The van der Waals surface area contributed by atoms with Crippen LogP contribution in [-0.2, 0) is 4.74 Å². The topological polar surface area (TPSA) is 129 Å². The van der Waals surface area contributed by atoms with Crippen LogP contribution in [0.15, 0.2) is 22.1 Å². The minimum absolute atomic E-state index is 0.0512. The van der Waals surface area contributed by atoms with Crippen LogP contribution < -0.4 is 17.2 Å². The molecule has 108 valence electrons. The summed E-state index contributed by atoms with van der Waals surface area (Å²) in [5.41, 5.74) is 17.1. The first kappa shape index (κ1) is 16.9. The molecule has 1 aromatic carbocycles. The van der Waals surface area contributed by atoms with Gasteiger partial charge >= 0.3 is 5.97 Å². The molecule has 0 amide bonds. The highest BCUT2D eigenvalue weighted by molar-refractivity contribution is 14.1. The van der Waals surface area contributed by atoms with E-state index in [1.165, 1.54) is 0 Å². The molecule has 0 aliphatic rings. The third kappa shape index (κ3) is 4.77. The van der Waals surface area contributed by atoms with Gasteiger partial charge in [-0.1, -0.05) is 0 Å². The van der Waals surface area contributed by atoms with E-state index in [1.54, 1.807) is 19.1 Å². The lowest BCUT2D eigenvalue weighted by Crippen LogP contribution is -2.26. The Morgan fingerprint density at radius 1 is 1.25 bits per heavy atom. The summed E-state index contributed by atoms with van der Waals surface area (Å²) in [4.78, 5) is 19.5. The van der Waals surface area contributed by atoms with Gasteiger partial charge in [-0.3, -0.25) is 0 Å². The number of hydrogen-bond donors (Lipinski definition) is 3. The van der Waals surface area contributed by atoms with Crippen LogP contribution in [0.3, 0.4) is 0 Å². The molecule has 0 unspecified atom stereocenters. The van der Waals surface area contributed by atoms with Crippen molar-refractivity contribution in [1.29, 1.82) is 0 Å². The predicted molar refractivity (Wildman–Crippen MR) is 94.9 cm³/mol. The summed E-state index contributed by atoms with van der Waals surface area (Å²) in [6, 6.07) is 3.34. The van der Waals surface area contributed by atoms with Gasteiger partial charge in [-0.05, 0) is 64.2 Å². The molecule has 0 heterocycles. The summed E-state index contributed by atoms with van der Waals surface area (Å²) in [5, 5.41) is 0. The molecule has 0 fully saturated rings. The number of nitrogens with zero attached hydrogens (tertiary/aromatic N) is 2. The lowest BCUT2D eigenvalue weighted by Gasteiger charge is -2.07. The number of ether oxygens (including phenoxy) is 1. The van der Waals surface area contributed by atoms with Gasteiger partial charge in [-0.15, -0.1) is 0 Å². The number of halogens is 2. The predicted octanol–water partition coefficient (Wildman–Crippen LogP) is 1.29. The maximum Gasteiger partial charge on any atom is 0.338 e. The molecule has 7 nitrogen and oxygen atoms in total. The minimum Gasteiger partial charge on any atom is -0.462 e. The van der Waals surface area contributed by atoms with Gasteiger partial charge < -0.3 is 21.9 Å². The Morgan fingerprint density at radius 3 is 2.25 bits per heavy atom. The van der Waals surface area contributed by atoms with Gasteiger partial charge in [0.05, 0.1) is 17.9 Å². The van der Waals surface area contributed by atoms with E-state index in [2.05, 4.69) is 55.2 Å². The lowest BCUT2D eigenvalue weighted by atomic mass is 10.2. The largest absolute Gasteiger partial charge is 0.462 e. The van der Waals surface area contributed by atoms with Crippen LogP contribution in [0, 0.1) is 7.14 Å². The second kappa shape index (κ2) is 7.61. The van der Waals surface area contributed by atoms with E-state index in [0.29, 0.717) is 17.9 Å². The van der Waals surface area contributed by atoms with E-state index >= 15 is 0 Å². The number of carbonyl (C=O) groups excluding carboxylic acids is 1. The number of esters is 1. The summed E-state index contributed by atoms with van der Waals surface area (Å²) in [7, 11) is 0. The van der Waals surface area contributed by atoms with Crippen molar-refractivity contribution in [1.82, 2.24) is 0 Å². The first-order chi connectivity index (χ1) is 9.35. The molecule has 0 aliphatic heterocycles. The van der Waals surface area contributed by atoms with Crippen molar-refractivity contribution >= 4 is 68.8 Å². The average Bonchev–Trinajstić information content (AvgIpc) is 2.33. The number of hydrogen-bond acceptors (Lipinski definition) is 3. The van der Waals surface area contributed by atoms with Crippen LogP contribution >= 0.6 is 45.2 Å². The van der Waals surface area contributed by atoms with Gasteiger partial charge in [0, 0.05) is 7.14 Å².